The van der Waals surface area contributed by atoms with Crippen LogP contribution in [0.2, 0.25) is 5.02 Å². The van der Waals surface area contributed by atoms with Crippen molar-refractivity contribution < 1.29 is 0 Å². The van der Waals surface area contributed by atoms with Crippen molar-refractivity contribution in [1.29, 1.82) is 0 Å². The molecule has 18 heavy (non-hydrogen) atoms. The zero-order valence-electron chi connectivity index (χ0n) is 10.2. The number of rotatable bonds is 4. The molecule has 2 heterocycles. The minimum absolute atomic E-state index is 0.393. The van der Waals surface area contributed by atoms with Crippen molar-refractivity contribution in [3.63, 3.8) is 0 Å². The second-order valence-corrected chi connectivity index (χ2v) is 5.76. The molecule has 1 saturated carbocycles. The Labute approximate surface area is 116 Å². The summed E-state index contributed by atoms with van der Waals surface area (Å²) in [6.07, 6.45) is 5.56. The fourth-order valence-electron chi connectivity index (χ4n) is 2.50. The monoisotopic (exact) mass is 283 g/mol. The van der Waals surface area contributed by atoms with Crippen LogP contribution in [-0.2, 0) is 5.88 Å². The van der Waals surface area contributed by atoms with Crippen molar-refractivity contribution in [2.45, 2.75) is 38.1 Å². The topological polar surface area (TPSA) is 30.7 Å². The summed E-state index contributed by atoms with van der Waals surface area (Å²) in [6, 6.07) is 2.24. The number of alkyl halides is 1. The van der Waals surface area contributed by atoms with Crippen LogP contribution in [0.15, 0.2) is 12.3 Å². The van der Waals surface area contributed by atoms with Gasteiger partial charge in [0.25, 0.3) is 0 Å². The summed E-state index contributed by atoms with van der Waals surface area (Å²) in [5.74, 6) is 2.16. The van der Waals surface area contributed by atoms with Gasteiger partial charge in [0.05, 0.1) is 10.9 Å². The Hall–Kier alpha value is -0.800. The minimum Gasteiger partial charge on any atom is -0.309 e. The van der Waals surface area contributed by atoms with E-state index in [-0.39, 0.29) is 0 Å². The molecule has 1 atom stereocenters. The van der Waals surface area contributed by atoms with Gasteiger partial charge in [0.2, 0.25) is 0 Å². The highest BCUT2D eigenvalue weighted by atomic mass is 35.5. The van der Waals surface area contributed by atoms with Crippen LogP contribution < -0.4 is 0 Å². The maximum absolute atomic E-state index is 6.00. The molecular weight excluding hydrogens is 269 g/mol. The van der Waals surface area contributed by atoms with E-state index in [4.69, 9.17) is 23.2 Å². The lowest BCUT2D eigenvalue weighted by molar-refractivity contribution is 0.475. The Morgan fingerprint density at radius 1 is 1.50 bits per heavy atom. The summed E-state index contributed by atoms with van der Waals surface area (Å²) in [4.78, 5) is 8.93. The van der Waals surface area contributed by atoms with Crippen LogP contribution in [0.4, 0.5) is 0 Å². The fourth-order valence-corrected chi connectivity index (χ4v) is 2.84. The zero-order valence-corrected chi connectivity index (χ0v) is 11.7. The lowest BCUT2D eigenvalue weighted by Crippen LogP contribution is -2.09. The van der Waals surface area contributed by atoms with Gasteiger partial charge in [0, 0.05) is 12.2 Å². The molecule has 1 unspecified atom stereocenters. The van der Waals surface area contributed by atoms with Gasteiger partial charge in [0.15, 0.2) is 5.65 Å². The number of fused-ring (bicyclic) bond motifs is 1. The van der Waals surface area contributed by atoms with Gasteiger partial charge in [-0.3, -0.25) is 0 Å². The molecule has 1 aliphatic rings. The van der Waals surface area contributed by atoms with E-state index in [2.05, 4.69) is 21.5 Å². The summed E-state index contributed by atoms with van der Waals surface area (Å²) in [5, 5.41) is 0.614. The first-order valence-corrected chi connectivity index (χ1v) is 7.18. The van der Waals surface area contributed by atoms with E-state index in [1.165, 1.54) is 19.3 Å². The van der Waals surface area contributed by atoms with Crippen molar-refractivity contribution in [3.05, 3.63) is 23.1 Å². The second kappa shape index (κ2) is 4.71. The summed E-state index contributed by atoms with van der Waals surface area (Å²) >= 11 is 11.9. The average Bonchev–Trinajstić information content (AvgIpc) is 3.07. The zero-order chi connectivity index (χ0) is 12.7. The van der Waals surface area contributed by atoms with Crippen LogP contribution in [0.1, 0.15) is 38.1 Å². The molecule has 0 radical (unpaired) electrons. The smallest absolute Gasteiger partial charge is 0.160 e. The van der Waals surface area contributed by atoms with Crippen molar-refractivity contribution in [1.82, 2.24) is 14.5 Å². The van der Waals surface area contributed by atoms with Gasteiger partial charge in [-0.2, -0.15) is 0 Å². The van der Waals surface area contributed by atoms with Gasteiger partial charge in [-0.1, -0.05) is 24.4 Å². The molecule has 0 saturated heterocycles. The number of pyridine rings is 1. The molecule has 3 rings (SSSR count). The number of imidazole rings is 1. The van der Waals surface area contributed by atoms with E-state index in [0.717, 1.165) is 22.9 Å². The Morgan fingerprint density at radius 2 is 2.28 bits per heavy atom. The summed E-state index contributed by atoms with van der Waals surface area (Å²) in [7, 11) is 0. The molecule has 1 aliphatic carbocycles. The molecule has 5 heteroatoms. The van der Waals surface area contributed by atoms with Gasteiger partial charge >= 0.3 is 0 Å². The molecular formula is C13H15Cl2N3. The molecule has 0 spiro atoms. The molecule has 96 valence electrons. The van der Waals surface area contributed by atoms with E-state index < -0.39 is 0 Å². The first kappa shape index (κ1) is 12.2. The SMILES string of the molecule is CC(CC1CC1)n1c(CCl)nc2cc(Cl)cnc21. The normalized spacial score (nSPS) is 17.3. The highest BCUT2D eigenvalue weighted by Gasteiger charge is 2.26. The maximum atomic E-state index is 6.00. The first-order chi connectivity index (χ1) is 8.69. The lowest BCUT2D eigenvalue weighted by atomic mass is 10.1. The highest BCUT2D eigenvalue weighted by molar-refractivity contribution is 6.31. The van der Waals surface area contributed by atoms with Crippen LogP contribution in [0.3, 0.4) is 0 Å². The van der Waals surface area contributed by atoms with Crippen LogP contribution in [0.5, 0.6) is 0 Å². The first-order valence-electron chi connectivity index (χ1n) is 6.27. The molecule has 0 bridgehead atoms. The molecule has 2 aromatic heterocycles. The Kier molecular flexibility index (Phi) is 3.20. The molecule has 0 aliphatic heterocycles. The number of nitrogens with zero attached hydrogens (tertiary/aromatic N) is 3. The number of hydrogen-bond donors (Lipinski definition) is 0. The maximum Gasteiger partial charge on any atom is 0.160 e. The highest BCUT2D eigenvalue weighted by Crippen LogP contribution is 2.38. The Balaban J connectivity index is 2.06. The molecule has 1 fully saturated rings. The van der Waals surface area contributed by atoms with Crippen molar-refractivity contribution >= 4 is 34.4 Å². The number of hydrogen-bond acceptors (Lipinski definition) is 2. The third-order valence-corrected chi connectivity index (χ3v) is 3.95. The van der Waals surface area contributed by atoms with E-state index in [1.807, 2.05) is 6.07 Å². The summed E-state index contributed by atoms with van der Waals surface area (Å²) in [5.41, 5.74) is 1.73. The number of halogens is 2. The van der Waals surface area contributed by atoms with Gasteiger partial charge in [-0.05, 0) is 25.3 Å². The third-order valence-electron chi connectivity index (χ3n) is 3.50. The summed E-state index contributed by atoms with van der Waals surface area (Å²) < 4.78 is 2.16. The van der Waals surface area contributed by atoms with E-state index in [1.54, 1.807) is 6.20 Å². The summed E-state index contributed by atoms with van der Waals surface area (Å²) in [6.45, 7) is 2.21. The quantitative estimate of drug-likeness (QED) is 0.788. The fraction of sp³-hybridized carbons (Fsp3) is 0.538. The standard InChI is InChI=1S/C13H15Cl2N3/c1-8(4-9-2-3-9)18-12(6-14)17-11-5-10(15)7-16-13(11)18/h5,7-9H,2-4,6H2,1H3. The second-order valence-electron chi connectivity index (χ2n) is 5.06. The molecule has 0 N–H and O–H groups in total. The predicted octanol–water partition coefficient (Wildman–Crippen LogP) is 4.18. The van der Waals surface area contributed by atoms with Gasteiger partial charge in [-0.25, -0.2) is 9.97 Å². The largest absolute Gasteiger partial charge is 0.309 e. The van der Waals surface area contributed by atoms with Crippen LogP contribution in [0.25, 0.3) is 11.2 Å². The molecule has 2 aromatic rings. The van der Waals surface area contributed by atoms with Crippen LogP contribution in [-0.4, -0.2) is 14.5 Å². The van der Waals surface area contributed by atoms with Gasteiger partial charge < -0.3 is 4.57 Å². The molecule has 0 amide bonds. The number of aromatic nitrogens is 3. The Bertz CT molecular complexity index is 575. The van der Waals surface area contributed by atoms with Crippen LogP contribution in [0, 0.1) is 5.92 Å². The van der Waals surface area contributed by atoms with Gasteiger partial charge in [-0.15, -0.1) is 11.6 Å². The third kappa shape index (κ3) is 2.21. The van der Waals surface area contributed by atoms with E-state index in [9.17, 15) is 0 Å². The molecule has 3 nitrogen and oxygen atoms in total. The van der Waals surface area contributed by atoms with E-state index >= 15 is 0 Å². The minimum atomic E-state index is 0.393. The lowest BCUT2D eigenvalue weighted by Gasteiger charge is -2.15. The van der Waals surface area contributed by atoms with Crippen molar-refractivity contribution in [2.24, 2.45) is 5.92 Å². The van der Waals surface area contributed by atoms with Crippen molar-refractivity contribution in [2.75, 3.05) is 0 Å². The Morgan fingerprint density at radius 3 is 2.94 bits per heavy atom. The van der Waals surface area contributed by atoms with Crippen molar-refractivity contribution in [3.8, 4) is 0 Å². The average molecular weight is 284 g/mol. The van der Waals surface area contributed by atoms with E-state index in [0.29, 0.717) is 16.9 Å². The van der Waals surface area contributed by atoms with Gasteiger partial charge in [0.1, 0.15) is 11.3 Å². The van der Waals surface area contributed by atoms with Crippen LogP contribution >= 0.6 is 23.2 Å². The predicted molar refractivity (Wildman–Crippen MR) is 74.1 cm³/mol. The molecule has 0 aromatic carbocycles.